The smallest absolute Gasteiger partial charge is 0.159 e. The van der Waals surface area contributed by atoms with Crippen molar-refractivity contribution < 1.29 is 0 Å². The van der Waals surface area contributed by atoms with Crippen LogP contribution in [0, 0.1) is 13.8 Å². The highest BCUT2D eigenvalue weighted by Gasteiger charge is 2.21. The van der Waals surface area contributed by atoms with E-state index in [9.17, 15) is 0 Å². The molecule has 0 saturated heterocycles. The number of benzene rings is 2. The topological polar surface area (TPSA) is 44.8 Å². The van der Waals surface area contributed by atoms with Gasteiger partial charge in [0.25, 0.3) is 0 Å². The molecule has 0 unspecified atom stereocenters. The first kappa shape index (κ1) is 17.1. The van der Waals surface area contributed by atoms with E-state index in [1.165, 1.54) is 33.3 Å². The lowest BCUT2D eigenvalue weighted by Gasteiger charge is -2.28. The van der Waals surface area contributed by atoms with Gasteiger partial charge in [0.2, 0.25) is 0 Å². The van der Waals surface area contributed by atoms with Gasteiger partial charge in [-0.3, -0.25) is 4.90 Å². The maximum absolute atomic E-state index is 4.92. The Bertz CT molecular complexity index is 1140. The Balaban J connectivity index is 1.42. The molecule has 4 heteroatoms. The van der Waals surface area contributed by atoms with Crippen LogP contribution >= 0.6 is 0 Å². The SMILES string of the molecule is Cc1ccc(-c2ncc3c(n2)CN(Cc2c(C)[nH]c4ccccc24)CC3)cc1. The number of hydrogen-bond donors (Lipinski definition) is 1. The highest BCUT2D eigenvalue weighted by atomic mass is 15.1. The number of rotatable bonds is 3. The number of hydrogen-bond acceptors (Lipinski definition) is 3. The summed E-state index contributed by atoms with van der Waals surface area (Å²) in [7, 11) is 0. The summed E-state index contributed by atoms with van der Waals surface area (Å²) < 4.78 is 0. The van der Waals surface area contributed by atoms with Gasteiger partial charge in [-0.1, -0.05) is 48.0 Å². The number of aromatic nitrogens is 3. The molecule has 0 saturated carbocycles. The van der Waals surface area contributed by atoms with Gasteiger partial charge < -0.3 is 4.98 Å². The summed E-state index contributed by atoms with van der Waals surface area (Å²) in [6.45, 7) is 7.13. The summed E-state index contributed by atoms with van der Waals surface area (Å²) in [5, 5.41) is 1.33. The van der Waals surface area contributed by atoms with Crippen molar-refractivity contribution in [2.24, 2.45) is 0 Å². The zero-order valence-electron chi connectivity index (χ0n) is 16.4. The van der Waals surface area contributed by atoms with Gasteiger partial charge in [0.15, 0.2) is 5.82 Å². The molecule has 0 fully saturated rings. The minimum atomic E-state index is 0.823. The van der Waals surface area contributed by atoms with E-state index in [4.69, 9.17) is 4.98 Å². The average Bonchev–Trinajstić information content (AvgIpc) is 3.03. The minimum Gasteiger partial charge on any atom is -0.358 e. The van der Waals surface area contributed by atoms with Crippen LogP contribution in [0.3, 0.4) is 0 Å². The van der Waals surface area contributed by atoms with Crippen molar-refractivity contribution in [3.05, 3.63) is 82.8 Å². The molecule has 2 aromatic carbocycles. The fourth-order valence-corrected chi connectivity index (χ4v) is 4.10. The number of nitrogens with one attached hydrogen (secondary N) is 1. The molecule has 3 heterocycles. The van der Waals surface area contributed by atoms with Crippen molar-refractivity contribution in [1.82, 2.24) is 19.9 Å². The number of nitrogens with zero attached hydrogens (tertiary/aromatic N) is 3. The predicted molar refractivity (Wildman–Crippen MR) is 113 cm³/mol. The Morgan fingerprint density at radius 2 is 1.86 bits per heavy atom. The Kier molecular flexibility index (Phi) is 4.21. The molecule has 140 valence electrons. The van der Waals surface area contributed by atoms with Crippen molar-refractivity contribution in [3.8, 4) is 11.4 Å². The summed E-state index contributed by atoms with van der Waals surface area (Å²) in [6.07, 6.45) is 3.02. The van der Waals surface area contributed by atoms with Gasteiger partial charge in [0.05, 0.1) is 5.69 Å². The number of fused-ring (bicyclic) bond motifs is 2. The fourth-order valence-electron chi connectivity index (χ4n) is 4.10. The number of aryl methyl sites for hydroxylation is 2. The molecular weight excluding hydrogens is 344 g/mol. The summed E-state index contributed by atoms with van der Waals surface area (Å²) in [6, 6.07) is 17.0. The zero-order chi connectivity index (χ0) is 19.1. The molecule has 2 aromatic heterocycles. The van der Waals surface area contributed by atoms with Crippen LogP contribution in [0.15, 0.2) is 54.7 Å². The molecular formula is C24H24N4. The van der Waals surface area contributed by atoms with E-state index in [1.807, 2.05) is 6.20 Å². The first-order valence-corrected chi connectivity index (χ1v) is 9.88. The Labute approximate surface area is 165 Å². The van der Waals surface area contributed by atoms with Crippen LogP contribution in [0.4, 0.5) is 0 Å². The summed E-state index contributed by atoms with van der Waals surface area (Å²) in [4.78, 5) is 15.5. The molecule has 0 amide bonds. The van der Waals surface area contributed by atoms with Gasteiger partial charge >= 0.3 is 0 Å². The molecule has 1 aliphatic rings. The van der Waals surface area contributed by atoms with Crippen LogP contribution in [0.1, 0.15) is 28.1 Å². The van der Waals surface area contributed by atoms with Crippen LogP contribution in [-0.2, 0) is 19.5 Å². The maximum Gasteiger partial charge on any atom is 0.159 e. The van der Waals surface area contributed by atoms with E-state index in [2.05, 4.69) is 77.2 Å². The fraction of sp³-hybridized carbons (Fsp3) is 0.250. The largest absolute Gasteiger partial charge is 0.358 e. The van der Waals surface area contributed by atoms with Crippen LogP contribution in [-0.4, -0.2) is 26.4 Å². The maximum atomic E-state index is 4.92. The predicted octanol–water partition coefficient (Wildman–Crippen LogP) is 4.80. The van der Waals surface area contributed by atoms with E-state index in [1.54, 1.807) is 0 Å². The second kappa shape index (κ2) is 6.88. The molecule has 0 aliphatic carbocycles. The van der Waals surface area contributed by atoms with E-state index in [0.29, 0.717) is 0 Å². The first-order valence-electron chi connectivity index (χ1n) is 9.88. The quantitative estimate of drug-likeness (QED) is 0.565. The van der Waals surface area contributed by atoms with Gasteiger partial charge in [-0.15, -0.1) is 0 Å². The number of aromatic amines is 1. The van der Waals surface area contributed by atoms with Crippen LogP contribution < -0.4 is 0 Å². The molecule has 4 nitrogen and oxygen atoms in total. The first-order chi connectivity index (χ1) is 13.7. The monoisotopic (exact) mass is 368 g/mol. The third-order valence-corrected chi connectivity index (χ3v) is 5.74. The Morgan fingerprint density at radius 1 is 1.04 bits per heavy atom. The summed E-state index contributed by atoms with van der Waals surface area (Å²) in [5.74, 6) is 0.823. The van der Waals surface area contributed by atoms with Gasteiger partial charge in [-0.25, -0.2) is 9.97 Å². The summed E-state index contributed by atoms with van der Waals surface area (Å²) >= 11 is 0. The molecule has 1 N–H and O–H groups in total. The summed E-state index contributed by atoms with van der Waals surface area (Å²) in [5.41, 5.74) is 8.65. The van der Waals surface area contributed by atoms with Crippen molar-refractivity contribution in [2.75, 3.05) is 6.54 Å². The molecule has 0 atom stereocenters. The van der Waals surface area contributed by atoms with Crippen molar-refractivity contribution in [1.29, 1.82) is 0 Å². The van der Waals surface area contributed by atoms with Gasteiger partial charge in [0.1, 0.15) is 0 Å². The number of para-hydroxylation sites is 1. The van der Waals surface area contributed by atoms with Crippen molar-refractivity contribution in [3.63, 3.8) is 0 Å². The van der Waals surface area contributed by atoms with E-state index >= 15 is 0 Å². The lowest BCUT2D eigenvalue weighted by molar-refractivity contribution is 0.241. The molecule has 0 bridgehead atoms. The van der Waals surface area contributed by atoms with Gasteiger partial charge in [0, 0.05) is 48.0 Å². The standard InChI is InChI=1S/C24H24N4/c1-16-7-9-18(10-8-16)24-25-13-19-11-12-28(15-23(19)27-24)14-21-17(2)26-22-6-4-3-5-20(21)22/h3-10,13,26H,11-12,14-15H2,1-2H3. The third-order valence-electron chi connectivity index (χ3n) is 5.74. The lowest BCUT2D eigenvalue weighted by Crippen LogP contribution is -2.31. The van der Waals surface area contributed by atoms with E-state index < -0.39 is 0 Å². The van der Waals surface area contributed by atoms with Crippen molar-refractivity contribution in [2.45, 2.75) is 33.4 Å². The zero-order valence-corrected chi connectivity index (χ0v) is 16.4. The normalized spacial score (nSPS) is 14.4. The van der Waals surface area contributed by atoms with Crippen molar-refractivity contribution >= 4 is 10.9 Å². The minimum absolute atomic E-state index is 0.823. The van der Waals surface area contributed by atoms with Gasteiger partial charge in [-0.2, -0.15) is 0 Å². The van der Waals surface area contributed by atoms with Gasteiger partial charge in [-0.05, 0) is 37.5 Å². The van der Waals surface area contributed by atoms with Crippen LogP contribution in [0.2, 0.25) is 0 Å². The van der Waals surface area contributed by atoms with Crippen LogP contribution in [0.25, 0.3) is 22.3 Å². The van der Waals surface area contributed by atoms with E-state index in [0.717, 1.165) is 43.1 Å². The second-order valence-electron chi connectivity index (χ2n) is 7.77. The lowest BCUT2D eigenvalue weighted by atomic mass is 10.0. The molecule has 4 aromatic rings. The molecule has 0 radical (unpaired) electrons. The van der Waals surface area contributed by atoms with Crippen LogP contribution in [0.5, 0.6) is 0 Å². The second-order valence-corrected chi connectivity index (χ2v) is 7.77. The number of H-pyrrole nitrogens is 1. The molecule has 1 aliphatic heterocycles. The Morgan fingerprint density at radius 3 is 2.71 bits per heavy atom. The molecule has 0 spiro atoms. The third kappa shape index (κ3) is 3.10. The Hall–Kier alpha value is -2.98. The highest BCUT2D eigenvalue weighted by Crippen LogP contribution is 2.26. The van der Waals surface area contributed by atoms with E-state index in [-0.39, 0.29) is 0 Å². The molecule has 28 heavy (non-hydrogen) atoms. The average molecular weight is 368 g/mol. The highest BCUT2D eigenvalue weighted by molar-refractivity contribution is 5.84. The molecule has 5 rings (SSSR count).